The molecular formula is C18H17NO2S. The number of ether oxygens (including phenoxy) is 1. The average molecular weight is 311 g/mol. The van der Waals surface area contributed by atoms with Crippen LogP contribution in [0.2, 0.25) is 0 Å². The number of rotatable bonds is 4. The first-order valence-corrected chi connectivity index (χ1v) is 7.92. The van der Waals surface area contributed by atoms with Crippen LogP contribution in [0.5, 0.6) is 5.75 Å². The number of benzene rings is 2. The molecule has 0 bridgehead atoms. The largest absolute Gasteiger partial charge is 0.496 e. The molecule has 4 heteroatoms. The molecule has 0 atom stereocenters. The first-order chi connectivity index (χ1) is 10.7. The Morgan fingerprint density at radius 1 is 1.09 bits per heavy atom. The number of amides is 1. The molecule has 0 aliphatic carbocycles. The molecule has 0 saturated carbocycles. The van der Waals surface area contributed by atoms with E-state index in [1.807, 2.05) is 61.0 Å². The zero-order valence-corrected chi connectivity index (χ0v) is 13.4. The summed E-state index contributed by atoms with van der Waals surface area (Å²) in [6.07, 6.45) is 0. The van der Waals surface area contributed by atoms with Crippen molar-refractivity contribution in [3.8, 4) is 5.75 Å². The third-order valence-corrected chi connectivity index (χ3v) is 4.52. The number of methoxy groups -OCH3 is 1. The maximum absolute atomic E-state index is 12.8. The van der Waals surface area contributed by atoms with Gasteiger partial charge in [0.1, 0.15) is 5.75 Å². The van der Waals surface area contributed by atoms with Crippen LogP contribution in [-0.4, -0.2) is 25.0 Å². The van der Waals surface area contributed by atoms with Gasteiger partial charge < -0.3 is 9.64 Å². The molecule has 22 heavy (non-hydrogen) atoms. The quantitative estimate of drug-likeness (QED) is 0.723. The van der Waals surface area contributed by atoms with Crippen LogP contribution in [0.1, 0.15) is 15.2 Å². The van der Waals surface area contributed by atoms with Gasteiger partial charge in [0.25, 0.3) is 5.91 Å². The van der Waals surface area contributed by atoms with Gasteiger partial charge in [-0.3, -0.25) is 4.79 Å². The highest BCUT2D eigenvalue weighted by Gasteiger charge is 2.16. The maximum Gasteiger partial charge on any atom is 0.254 e. The van der Waals surface area contributed by atoms with Crippen molar-refractivity contribution in [2.24, 2.45) is 0 Å². The third-order valence-electron chi connectivity index (χ3n) is 3.65. The fourth-order valence-electron chi connectivity index (χ4n) is 2.55. The fraction of sp³-hybridized carbons (Fsp3) is 0.167. The standard InChI is InChI=1S/C18H17NO2S/c1-19(12-13-6-5-11-22-13)18(20)16-9-10-17(21-2)15-8-4-3-7-14(15)16/h3-11H,12H2,1-2H3. The van der Waals surface area contributed by atoms with Crippen LogP contribution >= 0.6 is 11.3 Å². The summed E-state index contributed by atoms with van der Waals surface area (Å²) >= 11 is 1.66. The van der Waals surface area contributed by atoms with Crippen molar-refractivity contribution < 1.29 is 9.53 Å². The Balaban J connectivity index is 1.97. The zero-order valence-electron chi connectivity index (χ0n) is 12.6. The summed E-state index contributed by atoms with van der Waals surface area (Å²) in [5.74, 6) is 0.806. The molecule has 0 spiro atoms. The Morgan fingerprint density at radius 2 is 1.86 bits per heavy atom. The lowest BCUT2D eigenvalue weighted by molar-refractivity contribution is 0.0788. The molecule has 2 aromatic carbocycles. The predicted molar refractivity (Wildman–Crippen MR) is 90.6 cm³/mol. The summed E-state index contributed by atoms with van der Waals surface area (Å²) in [5.41, 5.74) is 0.704. The molecule has 3 nitrogen and oxygen atoms in total. The molecule has 0 unspecified atom stereocenters. The molecule has 0 saturated heterocycles. The molecule has 0 N–H and O–H groups in total. The molecule has 1 aromatic heterocycles. The number of carbonyl (C=O) groups excluding carboxylic acids is 1. The Morgan fingerprint density at radius 3 is 2.55 bits per heavy atom. The van der Waals surface area contributed by atoms with Crippen molar-refractivity contribution >= 4 is 28.0 Å². The minimum atomic E-state index is 0.0206. The van der Waals surface area contributed by atoms with E-state index in [4.69, 9.17) is 4.74 Å². The number of fused-ring (bicyclic) bond motifs is 1. The average Bonchev–Trinajstić information content (AvgIpc) is 3.06. The minimum Gasteiger partial charge on any atom is -0.496 e. The number of nitrogens with zero attached hydrogens (tertiary/aromatic N) is 1. The summed E-state index contributed by atoms with van der Waals surface area (Å²) < 4.78 is 5.38. The van der Waals surface area contributed by atoms with Gasteiger partial charge in [-0.1, -0.05) is 30.3 Å². The van der Waals surface area contributed by atoms with Crippen molar-refractivity contribution in [3.05, 3.63) is 64.4 Å². The molecule has 3 aromatic rings. The summed E-state index contributed by atoms with van der Waals surface area (Å²) in [5, 5.41) is 3.90. The second-order valence-corrected chi connectivity index (χ2v) is 6.13. The zero-order chi connectivity index (χ0) is 15.5. The van der Waals surface area contributed by atoms with Crippen LogP contribution in [0.3, 0.4) is 0 Å². The highest BCUT2D eigenvalue weighted by molar-refractivity contribution is 7.09. The molecule has 3 rings (SSSR count). The smallest absolute Gasteiger partial charge is 0.254 e. The van der Waals surface area contributed by atoms with E-state index >= 15 is 0 Å². The summed E-state index contributed by atoms with van der Waals surface area (Å²) in [6.45, 7) is 0.622. The topological polar surface area (TPSA) is 29.5 Å². The SMILES string of the molecule is COc1ccc(C(=O)N(C)Cc2cccs2)c2ccccc12. The monoisotopic (exact) mass is 311 g/mol. The van der Waals surface area contributed by atoms with Gasteiger partial charge in [-0.15, -0.1) is 11.3 Å². The summed E-state index contributed by atoms with van der Waals surface area (Å²) in [4.78, 5) is 15.7. The Hall–Kier alpha value is -2.33. The second kappa shape index (κ2) is 6.20. The van der Waals surface area contributed by atoms with Crippen LogP contribution in [0.4, 0.5) is 0 Å². The molecule has 0 radical (unpaired) electrons. The lowest BCUT2D eigenvalue weighted by atomic mass is 10.0. The van der Waals surface area contributed by atoms with Gasteiger partial charge >= 0.3 is 0 Å². The van der Waals surface area contributed by atoms with E-state index in [1.165, 1.54) is 4.88 Å². The van der Waals surface area contributed by atoms with E-state index in [0.29, 0.717) is 12.1 Å². The molecule has 0 aliphatic heterocycles. The van der Waals surface area contributed by atoms with E-state index in [1.54, 1.807) is 23.3 Å². The Labute approximate surface area is 133 Å². The first-order valence-electron chi connectivity index (χ1n) is 7.04. The van der Waals surface area contributed by atoms with Crippen LogP contribution in [0, 0.1) is 0 Å². The number of thiophene rings is 1. The highest BCUT2D eigenvalue weighted by atomic mass is 32.1. The Kier molecular flexibility index (Phi) is 4.11. The minimum absolute atomic E-state index is 0.0206. The fourth-order valence-corrected chi connectivity index (χ4v) is 3.31. The van der Waals surface area contributed by atoms with Crippen molar-refractivity contribution in [1.82, 2.24) is 4.90 Å². The molecule has 1 heterocycles. The van der Waals surface area contributed by atoms with Crippen molar-refractivity contribution in [2.45, 2.75) is 6.54 Å². The van der Waals surface area contributed by atoms with Gasteiger partial charge in [0.05, 0.1) is 13.7 Å². The Bertz CT molecular complexity index is 796. The van der Waals surface area contributed by atoms with E-state index in [2.05, 4.69) is 0 Å². The lowest BCUT2D eigenvalue weighted by Gasteiger charge is -2.18. The van der Waals surface area contributed by atoms with E-state index in [9.17, 15) is 4.79 Å². The van der Waals surface area contributed by atoms with Gasteiger partial charge in [-0.25, -0.2) is 0 Å². The van der Waals surface area contributed by atoms with Crippen LogP contribution < -0.4 is 4.74 Å². The molecule has 0 aliphatic rings. The van der Waals surface area contributed by atoms with Gasteiger partial charge in [0, 0.05) is 22.9 Å². The van der Waals surface area contributed by atoms with Crippen molar-refractivity contribution in [3.63, 3.8) is 0 Å². The van der Waals surface area contributed by atoms with Gasteiger partial charge in [0.15, 0.2) is 0 Å². The van der Waals surface area contributed by atoms with Gasteiger partial charge in [0.2, 0.25) is 0 Å². The van der Waals surface area contributed by atoms with Crippen LogP contribution in [0.25, 0.3) is 10.8 Å². The van der Waals surface area contributed by atoms with E-state index in [-0.39, 0.29) is 5.91 Å². The van der Waals surface area contributed by atoms with E-state index in [0.717, 1.165) is 16.5 Å². The number of hydrogen-bond acceptors (Lipinski definition) is 3. The van der Waals surface area contributed by atoms with Crippen molar-refractivity contribution in [2.75, 3.05) is 14.2 Å². The molecule has 112 valence electrons. The second-order valence-electron chi connectivity index (χ2n) is 5.10. The van der Waals surface area contributed by atoms with Crippen LogP contribution in [-0.2, 0) is 6.54 Å². The molecule has 1 amide bonds. The maximum atomic E-state index is 12.8. The third kappa shape index (κ3) is 2.70. The highest BCUT2D eigenvalue weighted by Crippen LogP contribution is 2.29. The first kappa shape index (κ1) is 14.6. The normalized spacial score (nSPS) is 10.6. The molecule has 0 fully saturated rings. The summed E-state index contributed by atoms with van der Waals surface area (Å²) in [7, 11) is 3.48. The lowest BCUT2D eigenvalue weighted by Crippen LogP contribution is -2.26. The van der Waals surface area contributed by atoms with Crippen LogP contribution in [0.15, 0.2) is 53.9 Å². The molecular weight excluding hydrogens is 294 g/mol. The van der Waals surface area contributed by atoms with Gasteiger partial charge in [-0.2, -0.15) is 0 Å². The summed E-state index contributed by atoms with van der Waals surface area (Å²) in [6, 6.07) is 15.6. The van der Waals surface area contributed by atoms with Gasteiger partial charge in [-0.05, 0) is 29.0 Å². The number of carbonyl (C=O) groups is 1. The van der Waals surface area contributed by atoms with E-state index < -0.39 is 0 Å². The van der Waals surface area contributed by atoms with Crippen molar-refractivity contribution in [1.29, 1.82) is 0 Å². The predicted octanol–water partition coefficient (Wildman–Crippen LogP) is 4.18. The number of hydrogen-bond donors (Lipinski definition) is 0.